The molecule has 2 atom stereocenters. The van der Waals surface area contributed by atoms with Gasteiger partial charge in [0.1, 0.15) is 6.04 Å². The van der Waals surface area contributed by atoms with Crippen molar-refractivity contribution in [1.29, 1.82) is 0 Å². The number of aromatic nitrogens is 1. The Hall–Kier alpha value is -4.71. The van der Waals surface area contributed by atoms with Crippen molar-refractivity contribution in [2.75, 3.05) is 13.1 Å². The number of aryl methyl sites for hydroxylation is 2. The predicted molar refractivity (Wildman–Crippen MR) is 149 cm³/mol. The second kappa shape index (κ2) is 15.0. The van der Waals surface area contributed by atoms with Gasteiger partial charge in [0, 0.05) is 24.7 Å². The van der Waals surface area contributed by atoms with Crippen molar-refractivity contribution in [3.8, 4) is 0 Å². The van der Waals surface area contributed by atoms with Crippen molar-refractivity contribution in [2.24, 2.45) is 11.7 Å². The summed E-state index contributed by atoms with van der Waals surface area (Å²) >= 11 is 0. The third kappa shape index (κ3) is 8.95. The molecule has 0 saturated carbocycles. The van der Waals surface area contributed by atoms with E-state index in [1.807, 2.05) is 32.0 Å². The highest BCUT2D eigenvalue weighted by Crippen LogP contribution is 2.21. The lowest BCUT2D eigenvalue weighted by molar-refractivity contribution is -0.135. The van der Waals surface area contributed by atoms with Crippen LogP contribution in [0.2, 0.25) is 0 Å². The predicted octanol–water partition coefficient (Wildman–Crippen LogP) is 0.417. The highest BCUT2D eigenvalue weighted by Gasteiger charge is 2.26. The quantitative estimate of drug-likeness (QED) is 0.123. The summed E-state index contributed by atoms with van der Waals surface area (Å²) in [7, 11) is 0. The number of nitrogens with one attached hydrogen (secondary N) is 5. The monoisotopic (exact) mass is 552 g/mol. The smallest absolute Gasteiger partial charge is 0.244 e. The number of amides is 5. The first-order valence-corrected chi connectivity index (χ1v) is 12.6. The van der Waals surface area contributed by atoms with E-state index < -0.39 is 54.6 Å². The van der Waals surface area contributed by atoms with Gasteiger partial charge >= 0.3 is 0 Å². The summed E-state index contributed by atoms with van der Waals surface area (Å²) in [5.74, 6) is -4.33. The van der Waals surface area contributed by atoms with Crippen LogP contribution in [-0.4, -0.2) is 58.9 Å². The fraction of sp³-hybridized carbons (Fsp3) is 0.321. The number of H-pyrrole nitrogens is 1. The maximum Gasteiger partial charge on any atom is 0.244 e. The van der Waals surface area contributed by atoms with Crippen LogP contribution >= 0.6 is 0 Å². The Labute approximate surface area is 232 Å². The van der Waals surface area contributed by atoms with Gasteiger partial charge in [-0.25, -0.2) is 5.48 Å². The van der Waals surface area contributed by atoms with Gasteiger partial charge in [0.05, 0.1) is 19.0 Å². The van der Waals surface area contributed by atoms with Gasteiger partial charge < -0.3 is 26.7 Å². The molecule has 5 amide bonds. The Bertz CT molecular complexity index is 1280. The van der Waals surface area contributed by atoms with Gasteiger partial charge in [0.15, 0.2) is 0 Å². The number of aromatic amines is 1. The minimum Gasteiger partial charge on any atom is -0.368 e. The second-order valence-corrected chi connectivity index (χ2v) is 9.27. The number of carbonyl (C=O) groups is 5. The van der Waals surface area contributed by atoms with E-state index in [9.17, 15) is 24.0 Å². The van der Waals surface area contributed by atoms with E-state index in [1.54, 1.807) is 18.3 Å². The Morgan fingerprint density at radius 3 is 2.25 bits per heavy atom. The largest absolute Gasteiger partial charge is 0.368 e. The molecule has 0 aliphatic carbocycles. The highest BCUT2D eigenvalue weighted by molar-refractivity contribution is 5.93. The van der Waals surface area contributed by atoms with Crippen molar-refractivity contribution in [3.63, 3.8) is 0 Å². The normalized spacial score (nSPS) is 12.0. The average molecular weight is 553 g/mol. The Morgan fingerprint density at radius 2 is 1.62 bits per heavy atom. The van der Waals surface area contributed by atoms with Gasteiger partial charge in [-0.2, -0.15) is 0 Å². The topological polar surface area (TPSA) is 196 Å². The molecule has 0 radical (unpaired) electrons. The molecule has 0 spiro atoms. The van der Waals surface area contributed by atoms with Gasteiger partial charge in [0.2, 0.25) is 29.5 Å². The van der Waals surface area contributed by atoms with Crippen LogP contribution in [0.25, 0.3) is 12.2 Å². The van der Waals surface area contributed by atoms with Gasteiger partial charge in [-0.05, 0) is 48.1 Å². The van der Waals surface area contributed by atoms with E-state index in [-0.39, 0.29) is 19.3 Å². The Balaban J connectivity index is 2.15. The molecule has 12 nitrogen and oxygen atoms in total. The number of hydrogen-bond acceptors (Lipinski definition) is 6. The lowest BCUT2D eigenvalue weighted by Crippen LogP contribution is -2.52. The summed E-state index contributed by atoms with van der Waals surface area (Å²) < 4.78 is 0. The van der Waals surface area contributed by atoms with Crippen LogP contribution in [0.3, 0.4) is 0 Å². The highest BCUT2D eigenvalue weighted by atomic mass is 16.5. The van der Waals surface area contributed by atoms with Crippen LogP contribution < -0.4 is 27.2 Å². The molecule has 1 aromatic carbocycles. The number of nitrogens with two attached hydrogens (primary N) is 1. The summed E-state index contributed by atoms with van der Waals surface area (Å²) in [5, 5.41) is 16.5. The second-order valence-electron chi connectivity index (χ2n) is 9.27. The third-order valence-corrected chi connectivity index (χ3v) is 6.36. The summed E-state index contributed by atoms with van der Waals surface area (Å²) in [4.78, 5) is 64.7. The van der Waals surface area contributed by atoms with Crippen LogP contribution in [0.1, 0.15) is 39.9 Å². The molecule has 1 heterocycles. The van der Waals surface area contributed by atoms with Crippen molar-refractivity contribution in [2.45, 2.75) is 39.2 Å². The van der Waals surface area contributed by atoms with Gasteiger partial charge in [0.25, 0.3) is 0 Å². The molecule has 1 aromatic heterocycles. The molecule has 0 saturated heterocycles. The molecule has 0 fully saturated rings. The molecule has 2 unspecified atom stereocenters. The fourth-order valence-electron chi connectivity index (χ4n) is 4.33. The molecular weight excluding hydrogens is 516 g/mol. The minimum absolute atomic E-state index is 0.0763. The Morgan fingerprint density at radius 1 is 0.950 bits per heavy atom. The zero-order valence-electron chi connectivity index (χ0n) is 22.6. The molecule has 8 N–H and O–H groups in total. The van der Waals surface area contributed by atoms with E-state index in [2.05, 4.69) is 34.1 Å². The first-order valence-electron chi connectivity index (χ1n) is 12.6. The van der Waals surface area contributed by atoms with Crippen molar-refractivity contribution < 1.29 is 29.2 Å². The van der Waals surface area contributed by atoms with Crippen LogP contribution in [0.5, 0.6) is 0 Å². The lowest BCUT2D eigenvalue weighted by Gasteiger charge is -2.20. The van der Waals surface area contributed by atoms with Gasteiger partial charge in [-0.15, -0.1) is 0 Å². The number of primary amides is 1. The first-order chi connectivity index (χ1) is 19.0. The molecule has 40 heavy (non-hydrogen) atoms. The van der Waals surface area contributed by atoms with Gasteiger partial charge in [-0.1, -0.05) is 43.5 Å². The SMILES string of the molecule is C=Cc1c(C)cccc1CC(CC(=O)NO)C(=O)NCC(=O)NC(Cc1c[nH]c(C)c1C=C)C(=O)NCC(N)=O. The zero-order valence-corrected chi connectivity index (χ0v) is 22.6. The molecule has 0 aliphatic heterocycles. The van der Waals surface area contributed by atoms with E-state index in [1.165, 1.54) is 5.48 Å². The van der Waals surface area contributed by atoms with Crippen molar-refractivity contribution >= 4 is 41.7 Å². The standard InChI is InChI=1S/C28H36N6O6/c1-5-21-16(3)8-7-9-18(21)10-19(12-25(36)34-40)27(38)32-15-26(37)33-23(28(39)31-14-24(29)35)11-20-13-30-17(4)22(20)6-2/h5-9,13,19,23,30,40H,1-2,10-12,14-15H2,3-4H3,(H2,29,35)(H,31,39)(H,32,38)(H,33,37)(H,34,36). The minimum atomic E-state index is -1.09. The van der Waals surface area contributed by atoms with Crippen molar-refractivity contribution in [1.82, 2.24) is 26.4 Å². The number of hydroxylamine groups is 1. The average Bonchev–Trinajstić information content (AvgIpc) is 3.28. The van der Waals surface area contributed by atoms with E-state index in [0.29, 0.717) is 5.56 Å². The van der Waals surface area contributed by atoms with Gasteiger partial charge in [-0.3, -0.25) is 29.2 Å². The summed E-state index contributed by atoms with van der Waals surface area (Å²) in [5.41, 5.74) is 11.5. The van der Waals surface area contributed by atoms with E-state index >= 15 is 0 Å². The van der Waals surface area contributed by atoms with Crippen LogP contribution in [0.4, 0.5) is 0 Å². The zero-order chi connectivity index (χ0) is 29.8. The number of benzene rings is 1. The summed E-state index contributed by atoms with van der Waals surface area (Å²) in [6.45, 7) is 10.4. The summed E-state index contributed by atoms with van der Waals surface area (Å²) in [6, 6.07) is 4.43. The van der Waals surface area contributed by atoms with Crippen LogP contribution in [0, 0.1) is 19.8 Å². The molecule has 2 rings (SSSR count). The molecule has 0 bridgehead atoms. The fourth-order valence-corrected chi connectivity index (χ4v) is 4.33. The molecule has 214 valence electrons. The van der Waals surface area contributed by atoms with E-state index in [0.717, 1.165) is 27.9 Å². The summed E-state index contributed by atoms with van der Waals surface area (Å²) in [6.07, 6.45) is 4.87. The lowest BCUT2D eigenvalue weighted by atomic mass is 9.90. The Kier molecular flexibility index (Phi) is 11.8. The molecular formula is C28H36N6O6. The maximum absolute atomic E-state index is 13.0. The first kappa shape index (κ1) is 31.5. The number of hydrogen-bond donors (Lipinski definition) is 7. The molecule has 12 heteroatoms. The molecule has 0 aliphatic rings. The van der Waals surface area contributed by atoms with Crippen LogP contribution in [-0.2, 0) is 36.8 Å². The molecule has 2 aromatic rings. The number of carbonyl (C=O) groups excluding carboxylic acids is 5. The number of rotatable bonds is 15. The van der Waals surface area contributed by atoms with Crippen LogP contribution in [0.15, 0.2) is 37.6 Å². The van der Waals surface area contributed by atoms with Crippen molar-refractivity contribution in [3.05, 3.63) is 71.1 Å². The third-order valence-electron chi connectivity index (χ3n) is 6.36. The van der Waals surface area contributed by atoms with E-state index in [4.69, 9.17) is 10.9 Å². The maximum atomic E-state index is 13.0.